The van der Waals surface area contributed by atoms with E-state index < -0.39 is 46.2 Å². The number of hydrogen-bond donors (Lipinski definition) is 1. The van der Waals surface area contributed by atoms with Crippen LogP contribution in [0.2, 0.25) is 10.0 Å². The van der Waals surface area contributed by atoms with Crippen LogP contribution in [-0.4, -0.2) is 43.8 Å². The minimum Gasteiger partial charge on any atom is -0.352 e. The minimum absolute atomic E-state index is 0.0513. The molecule has 4 rings (SSSR count). The molecule has 0 aromatic heterocycles. The minimum atomic E-state index is -4.76. The monoisotopic (exact) mass is 669 g/mol. The van der Waals surface area contributed by atoms with E-state index in [-0.39, 0.29) is 28.2 Å². The normalized spacial score (nSPS) is 14.7. The molecule has 1 aliphatic rings. The Kier molecular flexibility index (Phi) is 10.5. The number of anilines is 1. The second-order valence-electron chi connectivity index (χ2n) is 10.8. The highest BCUT2D eigenvalue weighted by Crippen LogP contribution is 2.34. The zero-order valence-electron chi connectivity index (χ0n) is 24.1. The summed E-state index contributed by atoms with van der Waals surface area (Å²) in [5, 5.41) is 3.52. The first-order valence-corrected chi connectivity index (χ1v) is 16.2. The summed E-state index contributed by atoms with van der Waals surface area (Å²) in [5.41, 5.74) is -0.238. The van der Waals surface area contributed by atoms with Gasteiger partial charge in [-0.25, -0.2) is 8.42 Å². The first-order valence-electron chi connectivity index (χ1n) is 14.0. The van der Waals surface area contributed by atoms with Gasteiger partial charge in [0.15, 0.2) is 0 Å². The predicted molar refractivity (Wildman–Crippen MR) is 164 cm³/mol. The van der Waals surface area contributed by atoms with E-state index >= 15 is 0 Å². The molecule has 7 nitrogen and oxygen atoms in total. The molecule has 0 unspecified atom stereocenters. The second kappa shape index (κ2) is 13.8. The summed E-state index contributed by atoms with van der Waals surface area (Å²) in [7, 11) is -4.54. The van der Waals surface area contributed by atoms with Crippen LogP contribution in [0, 0.1) is 6.92 Å². The molecular formula is C31H32Cl2F3N3O4S. The molecule has 3 aromatic carbocycles. The molecule has 0 radical (unpaired) electrons. The number of carbonyl (C=O) groups excluding carboxylic acids is 2. The lowest BCUT2D eigenvalue weighted by Gasteiger charge is -2.33. The Hall–Kier alpha value is -3.28. The molecular weight excluding hydrogens is 638 g/mol. The van der Waals surface area contributed by atoms with E-state index in [1.165, 1.54) is 36.1 Å². The van der Waals surface area contributed by atoms with Crippen LogP contribution in [0.4, 0.5) is 18.9 Å². The molecule has 0 aliphatic heterocycles. The van der Waals surface area contributed by atoms with Gasteiger partial charge in [0.2, 0.25) is 11.8 Å². The Morgan fingerprint density at radius 2 is 1.66 bits per heavy atom. The number of halogens is 5. The SMILES string of the molecule is Cc1ccc(S(=O)(=O)N(CC(=O)N(Cc2ccc(Cl)cc2Cl)[C@H](C)C(=O)NC2CCCC2)c2cccc(C(F)(F)F)c2)cc1. The van der Waals surface area contributed by atoms with Gasteiger partial charge in [-0.15, -0.1) is 0 Å². The smallest absolute Gasteiger partial charge is 0.352 e. The van der Waals surface area contributed by atoms with Crippen LogP contribution in [0.15, 0.2) is 71.6 Å². The number of nitrogens with one attached hydrogen (secondary N) is 1. The summed E-state index contributed by atoms with van der Waals surface area (Å²) in [6.45, 7) is 2.19. The van der Waals surface area contributed by atoms with Crippen molar-refractivity contribution in [1.82, 2.24) is 10.2 Å². The van der Waals surface area contributed by atoms with E-state index in [1.807, 2.05) is 0 Å². The van der Waals surface area contributed by atoms with Gasteiger partial charge in [0, 0.05) is 22.6 Å². The quantitative estimate of drug-likeness (QED) is 0.252. The summed E-state index contributed by atoms with van der Waals surface area (Å²) in [4.78, 5) is 28.3. The lowest BCUT2D eigenvalue weighted by Crippen LogP contribution is -2.52. The fraction of sp³-hybridized carbons (Fsp3) is 0.355. The van der Waals surface area contributed by atoms with E-state index in [1.54, 1.807) is 31.2 Å². The summed E-state index contributed by atoms with van der Waals surface area (Å²) in [6, 6.07) is 13.0. The topological polar surface area (TPSA) is 86.8 Å². The fourth-order valence-electron chi connectivity index (χ4n) is 5.01. The van der Waals surface area contributed by atoms with Crippen molar-refractivity contribution in [1.29, 1.82) is 0 Å². The predicted octanol–water partition coefficient (Wildman–Crippen LogP) is 6.99. The van der Waals surface area contributed by atoms with Crippen molar-refractivity contribution in [3.05, 3.63) is 93.5 Å². The van der Waals surface area contributed by atoms with Crippen molar-refractivity contribution in [2.24, 2.45) is 0 Å². The molecule has 0 heterocycles. The zero-order valence-corrected chi connectivity index (χ0v) is 26.4. The molecule has 1 aliphatic carbocycles. The van der Waals surface area contributed by atoms with E-state index in [0.717, 1.165) is 43.4 Å². The van der Waals surface area contributed by atoms with Gasteiger partial charge in [0.1, 0.15) is 12.6 Å². The van der Waals surface area contributed by atoms with Crippen molar-refractivity contribution in [2.75, 3.05) is 10.8 Å². The van der Waals surface area contributed by atoms with E-state index in [0.29, 0.717) is 21.0 Å². The number of aryl methyl sites for hydroxylation is 1. The van der Waals surface area contributed by atoms with Gasteiger partial charge in [0.05, 0.1) is 16.1 Å². The van der Waals surface area contributed by atoms with Crippen LogP contribution in [-0.2, 0) is 32.3 Å². The third kappa shape index (κ3) is 8.05. The van der Waals surface area contributed by atoms with Gasteiger partial charge in [0.25, 0.3) is 10.0 Å². The summed E-state index contributed by atoms with van der Waals surface area (Å²) >= 11 is 12.4. The van der Waals surface area contributed by atoms with Gasteiger partial charge in [-0.05, 0) is 74.7 Å². The van der Waals surface area contributed by atoms with Gasteiger partial charge in [-0.2, -0.15) is 13.2 Å². The Morgan fingerprint density at radius 1 is 1.00 bits per heavy atom. The van der Waals surface area contributed by atoms with Crippen molar-refractivity contribution in [3.8, 4) is 0 Å². The van der Waals surface area contributed by atoms with Gasteiger partial charge in [-0.1, -0.05) is 65.9 Å². The highest BCUT2D eigenvalue weighted by atomic mass is 35.5. The number of sulfonamides is 1. The molecule has 3 aromatic rings. The molecule has 0 spiro atoms. The Balaban J connectivity index is 1.75. The van der Waals surface area contributed by atoms with Crippen LogP contribution in [0.25, 0.3) is 0 Å². The maximum absolute atomic E-state index is 14.1. The third-order valence-corrected chi connectivity index (χ3v) is 9.95. The molecule has 0 bridgehead atoms. The number of carbonyl (C=O) groups is 2. The Morgan fingerprint density at radius 3 is 2.27 bits per heavy atom. The molecule has 236 valence electrons. The van der Waals surface area contributed by atoms with E-state index in [4.69, 9.17) is 23.2 Å². The van der Waals surface area contributed by atoms with E-state index in [2.05, 4.69) is 5.32 Å². The lowest BCUT2D eigenvalue weighted by molar-refractivity contribution is -0.139. The highest BCUT2D eigenvalue weighted by molar-refractivity contribution is 7.92. The maximum atomic E-state index is 14.1. The molecule has 44 heavy (non-hydrogen) atoms. The number of hydrogen-bond acceptors (Lipinski definition) is 4. The largest absolute Gasteiger partial charge is 0.416 e. The molecule has 0 saturated heterocycles. The first-order chi connectivity index (χ1) is 20.7. The van der Waals surface area contributed by atoms with Gasteiger partial charge < -0.3 is 10.2 Å². The number of nitrogens with zero attached hydrogens (tertiary/aromatic N) is 2. The third-order valence-electron chi connectivity index (χ3n) is 7.57. The zero-order chi connectivity index (χ0) is 32.2. The average Bonchev–Trinajstić information content (AvgIpc) is 3.48. The molecule has 2 amide bonds. The summed E-state index contributed by atoms with van der Waals surface area (Å²) in [6.07, 6.45) is -1.24. The van der Waals surface area contributed by atoms with Crippen LogP contribution < -0.4 is 9.62 Å². The Bertz CT molecular complexity index is 1610. The van der Waals surface area contributed by atoms with Crippen LogP contribution in [0.1, 0.15) is 49.3 Å². The fourth-order valence-corrected chi connectivity index (χ4v) is 6.89. The standard InChI is InChI=1S/C31H32Cl2F3N3O4S/c1-20-10-14-27(15-11-20)44(42,43)39(26-9-5-6-23(16-26)31(34,35)36)19-29(40)38(18-22-12-13-24(32)17-28(22)33)21(2)30(41)37-25-7-3-4-8-25/h5-6,9-17,21,25H,3-4,7-8,18-19H2,1-2H3,(H,37,41)/t21-/m1/s1. The molecule has 1 fully saturated rings. The number of benzene rings is 3. The van der Waals surface area contributed by atoms with Crippen molar-refractivity contribution < 1.29 is 31.2 Å². The van der Waals surface area contributed by atoms with Crippen molar-refractivity contribution in [2.45, 2.75) is 69.2 Å². The summed E-state index contributed by atoms with van der Waals surface area (Å²) in [5.74, 6) is -1.26. The van der Waals surface area contributed by atoms with Gasteiger partial charge in [-0.3, -0.25) is 13.9 Å². The van der Waals surface area contributed by atoms with E-state index in [9.17, 15) is 31.2 Å². The number of alkyl halides is 3. The second-order valence-corrected chi connectivity index (χ2v) is 13.5. The van der Waals surface area contributed by atoms with Crippen LogP contribution >= 0.6 is 23.2 Å². The first kappa shape index (κ1) is 33.6. The molecule has 1 saturated carbocycles. The molecule has 1 atom stereocenters. The highest BCUT2D eigenvalue weighted by Gasteiger charge is 2.36. The van der Waals surface area contributed by atoms with Crippen molar-refractivity contribution >= 4 is 50.7 Å². The molecule has 13 heteroatoms. The maximum Gasteiger partial charge on any atom is 0.416 e. The number of rotatable bonds is 10. The van der Waals surface area contributed by atoms with Crippen LogP contribution in [0.5, 0.6) is 0 Å². The summed E-state index contributed by atoms with van der Waals surface area (Å²) < 4.78 is 69.4. The van der Waals surface area contributed by atoms with Crippen molar-refractivity contribution in [3.63, 3.8) is 0 Å². The number of amides is 2. The van der Waals surface area contributed by atoms with Gasteiger partial charge >= 0.3 is 6.18 Å². The molecule has 1 N–H and O–H groups in total. The average molecular weight is 671 g/mol. The lowest BCUT2D eigenvalue weighted by atomic mass is 10.1. The Labute approximate surface area is 265 Å². The van der Waals surface area contributed by atoms with Crippen LogP contribution in [0.3, 0.4) is 0 Å².